The molecular weight excluding hydrogens is 795 g/mol. The minimum absolute atomic E-state index is 0. The fourth-order valence-corrected chi connectivity index (χ4v) is 9.94. The molecule has 3 aliphatic carbocycles. The van der Waals surface area contributed by atoms with Gasteiger partial charge in [0.05, 0.1) is 24.2 Å². The Kier molecular flexibility index (Phi) is 10.1. The summed E-state index contributed by atoms with van der Waals surface area (Å²) in [6, 6.07) is 8.81. The predicted octanol–water partition coefficient (Wildman–Crippen LogP) is 6.75. The Morgan fingerprint density at radius 3 is 2.04 bits per heavy atom. The van der Waals surface area contributed by atoms with Crippen molar-refractivity contribution in [3.8, 4) is 0 Å². The Morgan fingerprint density at radius 1 is 0.935 bits per heavy atom. The fraction of sp³-hybridized carbons (Fsp3) is 0.737. The van der Waals surface area contributed by atoms with Crippen LogP contribution in [0.2, 0.25) is 0 Å². The molecule has 0 amide bonds. The van der Waals surface area contributed by atoms with Crippen molar-refractivity contribution in [2.45, 2.75) is 125 Å². The van der Waals surface area contributed by atoms with E-state index in [1.807, 2.05) is 47.6 Å². The monoisotopic (exact) mass is 851 g/mol. The third-order valence-electron chi connectivity index (χ3n) is 14.0. The third-order valence-corrected chi connectivity index (χ3v) is 14.0. The van der Waals surface area contributed by atoms with Gasteiger partial charge in [0.25, 0.3) is 0 Å². The van der Waals surface area contributed by atoms with Crippen molar-refractivity contribution in [3.63, 3.8) is 0 Å². The second kappa shape index (κ2) is 12.2. The summed E-state index contributed by atoms with van der Waals surface area (Å²) in [5.74, 6) is -1.88. The van der Waals surface area contributed by atoms with E-state index in [0.29, 0.717) is 12.0 Å². The van der Waals surface area contributed by atoms with Crippen molar-refractivity contribution in [3.05, 3.63) is 47.0 Å². The van der Waals surface area contributed by atoms with Crippen molar-refractivity contribution in [2.75, 3.05) is 6.61 Å². The van der Waals surface area contributed by atoms with Crippen LogP contribution < -0.4 is 0 Å². The molecule has 9 atom stereocenters. The van der Waals surface area contributed by atoms with Crippen LogP contribution in [0.4, 0.5) is 0 Å². The molecular formula is C38H56AcO7. The van der Waals surface area contributed by atoms with Crippen molar-refractivity contribution in [1.29, 1.82) is 0 Å². The van der Waals surface area contributed by atoms with E-state index in [1.165, 1.54) is 0 Å². The number of rotatable bonds is 5. The number of benzene rings is 1. The molecule has 0 aromatic heterocycles. The van der Waals surface area contributed by atoms with Crippen LogP contribution in [0.25, 0.3) is 0 Å². The van der Waals surface area contributed by atoms with Crippen molar-refractivity contribution < 1.29 is 78.1 Å². The largest absolute Gasteiger partial charge is 0.458 e. The number of aliphatic hydroxyl groups is 2. The topological polar surface area (TPSA) is 102 Å². The van der Waals surface area contributed by atoms with Crippen molar-refractivity contribution in [2.24, 2.45) is 45.3 Å². The Morgan fingerprint density at radius 2 is 1.52 bits per heavy atom. The van der Waals surface area contributed by atoms with Crippen LogP contribution in [-0.4, -0.2) is 58.3 Å². The van der Waals surface area contributed by atoms with Gasteiger partial charge in [-0.2, -0.15) is 0 Å². The Labute approximate surface area is 312 Å². The summed E-state index contributed by atoms with van der Waals surface area (Å²) in [5, 5.41) is 26.1. The molecule has 5 rings (SSSR count). The average Bonchev–Trinajstić information content (AvgIpc) is 2.96. The Balaban J connectivity index is 0.00000480. The van der Waals surface area contributed by atoms with Crippen molar-refractivity contribution in [1.82, 2.24) is 0 Å². The standard InChI is InChI=1S/C38H56O7.Ac/c1-21(2)22(3)31(39)44-26-18-38(42)30(45-32(40)25-16-14-13-15-17-25)29-36(12,33(6,7)19-27-37(29,41)20-43-27)34(8,9)24(5)28(23(26)4)35(38,10)11;/h13-17,21-22,24,26-27,29-30,41-42H,18-20H2,1-12H3;/t22-,24-,26?,27?,29?,30?,36+,37?,38?;/m1./s1. The fourth-order valence-electron chi connectivity index (χ4n) is 9.94. The van der Waals surface area contributed by atoms with Gasteiger partial charge in [-0.05, 0) is 59.1 Å². The zero-order valence-corrected chi connectivity index (χ0v) is 34.8. The maximum absolute atomic E-state index is 14.0. The Bertz CT molecular complexity index is 1380. The van der Waals surface area contributed by atoms with Crippen LogP contribution >= 0.6 is 0 Å². The van der Waals surface area contributed by atoms with E-state index in [9.17, 15) is 19.8 Å². The van der Waals surface area contributed by atoms with Crippen LogP contribution in [0.5, 0.6) is 0 Å². The number of esters is 2. The Hall–Kier alpha value is -0.778. The van der Waals surface area contributed by atoms with E-state index < -0.39 is 57.6 Å². The number of hydrogen-bond donors (Lipinski definition) is 2. The summed E-state index contributed by atoms with van der Waals surface area (Å²) in [4.78, 5) is 27.5. The molecule has 1 saturated heterocycles. The molecule has 7 nitrogen and oxygen atoms in total. The van der Waals surface area contributed by atoms with E-state index in [1.54, 1.807) is 24.3 Å². The molecule has 0 spiro atoms. The van der Waals surface area contributed by atoms with Gasteiger partial charge < -0.3 is 24.4 Å². The van der Waals surface area contributed by atoms with Crippen LogP contribution in [-0.2, 0) is 19.0 Å². The second-order valence-corrected chi connectivity index (χ2v) is 17.0. The third kappa shape index (κ3) is 5.16. The van der Waals surface area contributed by atoms with E-state index in [0.717, 1.165) is 11.1 Å². The minimum Gasteiger partial charge on any atom is -0.458 e. The molecule has 1 aromatic rings. The summed E-state index contributed by atoms with van der Waals surface area (Å²) in [6.07, 6.45) is -1.63. The van der Waals surface area contributed by atoms with Crippen LogP contribution in [0.1, 0.15) is 106 Å². The molecule has 3 fully saturated rings. The summed E-state index contributed by atoms with van der Waals surface area (Å²) in [7, 11) is 0. The summed E-state index contributed by atoms with van der Waals surface area (Å²) < 4.78 is 18.9. The number of carbonyl (C=O) groups is 2. The van der Waals surface area contributed by atoms with Gasteiger partial charge in [0.2, 0.25) is 0 Å². The maximum atomic E-state index is 14.0. The molecule has 1 aromatic carbocycles. The molecule has 253 valence electrons. The van der Waals surface area contributed by atoms with Gasteiger partial charge in [0, 0.05) is 61.8 Å². The normalized spacial score (nSPS) is 39.3. The number of carbonyl (C=O) groups excluding carboxylic acids is 2. The van der Waals surface area contributed by atoms with Crippen LogP contribution in [0, 0.1) is 89.4 Å². The zero-order chi connectivity index (χ0) is 33.7. The summed E-state index contributed by atoms with van der Waals surface area (Å²) >= 11 is 0. The van der Waals surface area contributed by atoms with Crippen LogP contribution in [0.15, 0.2) is 41.5 Å². The van der Waals surface area contributed by atoms with E-state index in [2.05, 4.69) is 41.5 Å². The van der Waals surface area contributed by atoms with Gasteiger partial charge in [-0.1, -0.05) is 99.9 Å². The maximum Gasteiger partial charge on any atom is 0.338 e. The molecule has 2 bridgehead atoms. The van der Waals surface area contributed by atoms with E-state index >= 15 is 0 Å². The van der Waals surface area contributed by atoms with Gasteiger partial charge in [-0.15, -0.1) is 0 Å². The molecule has 1 aliphatic heterocycles. The summed E-state index contributed by atoms with van der Waals surface area (Å²) in [6.45, 7) is 25.4. The molecule has 2 N–H and O–H groups in total. The first-order valence-electron chi connectivity index (χ1n) is 16.8. The molecule has 1 heterocycles. The number of fused-ring (bicyclic) bond motifs is 5. The number of ether oxygens (including phenoxy) is 3. The van der Waals surface area contributed by atoms with Gasteiger partial charge in [-0.3, -0.25) is 4.79 Å². The molecule has 2 saturated carbocycles. The van der Waals surface area contributed by atoms with Crippen molar-refractivity contribution >= 4 is 11.9 Å². The quantitative estimate of drug-likeness (QED) is 0.250. The average molecular weight is 852 g/mol. The molecule has 1 radical (unpaired) electrons. The minimum atomic E-state index is -1.70. The zero-order valence-electron chi connectivity index (χ0n) is 30.1. The van der Waals surface area contributed by atoms with E-state index in [-0.39, 0.29) is 86.2 Å². The van der Waals surface area contributed by atoms with E-state index in [4.69, 9.17) is 14.2 Å². The van der Waals surface area contributed by atoms with Gasteiger partial charge >= 0.3 is 11.9 Å². The SMILES string of the molecule is CC1=C2[C@@H](C)C(C)(C)[C@@]3(C)C(C(OC(=O)c4ccccc4)C(O)(CC1OC(=O)[C@H](C)C(C)C)C2(C)C)C1(O)COC1CC3(C)C.[Ac]. The molecule has 6 unspecified atom stereocenters. The first-order chi connectivity index (χ1) is 20.6. The van der Waals surface area contributed by atoms with Gasteiger partial charge in [-0.25, -0.2) is 4.79 Å². The van der Waals surface area contributed by atoms with Gasteiger partial charge in [0.15, 0.2) is 0 Å². The van der Waals surface area contributed by atoms with Crippen LogP contribution in [0.3, 0.4) is 0 Å². The summed E-state index contributed by atoms with van der Waals surface area (Å²) in [5.41, 5.74) is -3.07. The smallest absolute Gasteiger partial charge is 0.338 e. The molecule has 4 aliphatic rings. The van der Waals surface area contributed by atoms with Gasteiger partial charge in [0.1, 0.15) is 23.4 Å². The molecule has 8 heteroatoms. The second-order valence-electron chi connectivity index (χ2n) is 17.0. The first-order valence-corrected chi connectivity index (χ1v) is 16.8. The predicted molar refractivity (Wildman–Crippen MR) is 173 cm³/mol. The molecule has 46 heavy (non-hydrogen) atoms. The number of hydrogen-bond acceptors (Lipinski definition) is 7. The first kappa shape index (κ1) is 38.0.